The molecule has 2 aliphatic heterocycles. The number of benzene rings is 1. The molecule has 152 valence electrons. The highest BCUT2D eigenvalue weighted by Gasteiger charge is 2.42. The van der Waals surface area contributed by atoms with Gasteiger partial charge in [0.1, 0.15) is 5.69 Å². The standard InChI is InChI=1S/C21H18BrN5O3/c22-15-4-3-5-16(9-15)27-12-13(8-18(27)28)21(29)26-10-14(11-26)20-24-19(25-30-20)17-6-1-2-7-23-17/h1-7,9,13-14H,8,10-12H2. The fraction of sp³-hybridized carbons (Fsp3) is 0.286. The molecule has 9 heteroatoms. The van der Waals surface area contributed by atoms with E-state index in [0.717, 1.165) is 10.2 Å². The Morgan fingerprint density at radius 2 is 2.00 bits per heavy atom. The van der Waals surface area contributed by atoms with E-state index >= 15 is 0 Å². The summed E-state index contributed by atoms with van der Waals surface area (Å²) >= 11 is 3.43. The average molecular weight is 468 g/mol. The third-order valence-corrected chi connectivity index (χ3v) is 5.97. The molecule has 2 fully saturated rings. The molecule has 5 rings (SSSR count). The summed E-state index contributed by atoms with van der Waals surface area (Å²) in [7, 11) is 0. The summed E-state index contributed by atoms with van der Waals surface area (Å²) in [6.07, 6.45) is 1.91. The second kappa shape index (κ2) is 7.64. The number of pyridine rings is 1. The number of carbonyl (C=O) groups excluding carboxylic acids is 2. The lowest BCUT2D eigenvalue weighted by Gasteiger charge is -2.38. The fourth-order valence-electron chi connectivity index (χ4n) is 3.84. The number of amides is 2. The highest BCUT2D eigenvalue weighted by Crippen LogP contribution is 2.32. The van der Waals surface area contributed by atoms with E-state index in [1.807, 2.05) is 42.5 Å². The second-order valence-electron chi connectivity index (χ2n) is 7.50. The molecule has 3 aromatic rings. The molecule has 8 nitrogen and oxygen atoms in total. The highest BCUT2D eigenvalue weighted by atomic mass is 79.9. The Morgan fingerprint density at radius 1 is 1.13 bits per heavy atom. The monoisotopic (exact) mass is 467 g/mol. The van der Waals surface area contributed by atoms with Crippen molar-refractivity contribution >= 4 is 33.4 Å². The Balaban J connectivity index is 1.20. The third kappa shape index (κ3) is 3.49. The number of hydrogen-bond acceptors (Lipinski definition) is 6. The van der Waals surface area contributed by atoms with Crippen LogP contribution in [0.2, 0.25) is 0 Å². The van der Waals surface area contributed by atoms with Crippen LogP contribution in [0.5, 0.6) is 0 Å². The van der Waals surface area contributed by atoms with Gasteiger partial charge in [-0.15, -0.1) is 0 Å². The van der Waals surface area contributed by atoms with Crippen molar-refractivity contribution in [1.29, 1.82) is 0 Å². The predicted octanol–water partition coefficient (Wildman–Crippen LogP) is 2.87. The molecule has 0 aliphatic carbocycles. The van der Waals surface area contributed by atoms with Crippen molar-refractivity contribution < 1.29 is 14.1 Å². The number of carbonyl (C=O) groups is 2. The number of halogens is 1. The quantitative estimate of drug-likeness (QED) is 0.585. The van der Waals surface area contributed by atoms with Crippen LogP contribution in [0.4, 0.5) is 5.69 Å². The maximum absolute atomic E-state index is 12.9. The minimum atomic E-state index is -0.329. The van der Waals surface area contributed by atoms with Crippen LogP contribution in [0, 0.1) is 5.92 Å². The van der Waals surface area contributed by atoms with Gasteiger partial charge in [0, 0.05) is 42.4 Å². The maximum Gasteiger partial charge on any atom is 0.233 e. The van der Waals surface area contributed by atoms with Gasteiger partial charge in [-0.2, -0.15) is 4.98 Å². The highest BCUT2D eigenvalue weighted by molar-refractivity contribution is 9.10. The van der Waals surface area contributed by atoms with E-state index in [1.54, 1.807) is 16.0 Å². The van der Waals surface area contributed by atoms with Crippen LogP contribution in [0.3, 0.4) is 0 Å². The first-order valence-electron chi connectivity index (χ1n) is 9.68. The van der Waals surface area contributed by atoms with E-state index in [2.05, 4.69) is 31.1 Å². The van der Waals surface area contributed by atoms with Gasteiger partial charge in [0.05, 0.1) is 11.8 Å². The van der Waals surface area contributed by atoms with E-state index in [0.29, 0.717) is 37.0 Å². The molecule has 1 atom stereocenters. The van der Waals surface area contributed by atoms with E-state index in [4.69, 9.17) is 4.52 Å². The van der Waals surface area contributed by atoms with Crippen molar-refractivity contribution in [2.24, 2.45) is 5.92 Å². The first-order valence-corrected chi connectivity index (χ1v) is 10.5. The Hall–Kier alpha value is -3.07. The zero-order valence-corrected chi connectivity index (χ0v) is 17.5. The number of nitrogens with zero attached hydrogens (tertiary/aromatic N) is 5. The molecule has 0 saturated carbocycles. The predicted molar refractivity (Wildman–Crippen MR) is 111 cm³/mol. The molecular weight excluding hydrogens is 450 g/mol. The van der Waals surface area contributed by atoms with Gasteiger partial charge in [0.25, 0.3) is 0 Å². The fourth-order valence-corrected chi connectivity index (χ4v) is 4.23. The van der Waals surface area contributed by atoms with Gasteiger partial charge in [-0.3, -0.25) is 14.6 Å². The van der Waals surface area contributed by atoms with Crippen LogP contribution in [0.1, 0.15) is 18.2 Å². The summed E-state index contributed by atoms with van der Waals surface area (Å²) < 4.78 is 6.27. The van der Waals surface area contributed by atoms with Crippen LogP contribution in [-0.2, 0) is 9.59 Å². The van der Waals surface area contributed by atoms with Crippen LogP contribution in [0.15, 0.2) is 57.7 Å². The molecule has 2 aliphatic rings. The van der Waals surface area contributed by atoms with Gasteiger partial charge in [-0.1, -0.05) is 33.2 Å². The molecule has 30 heavy (non-hydrogen) atoms. The van der Waals surface area contributed by atoms with Gasteiger partial charge in [0.2, 0.25) is 23.5 Å². The largest absolute Gasteiger partial charge is 0.341 e. The van der Waals surface area contributed by atoms with E-state index in [1.165, 1.54) is 0 Å². The molecule has 0 radical (unpaired) electrons. The first-order chi connectivity index (χ1) is 14.6. The lowest BCUT2D eigenvalue weighted by Crippen LogP contribution is -2.51. The molecule has 0 spiro atoms. The number of hydrogen-bond donors (Lipinski definition) is 0. The molecule has 1 aromatic carbocycles. The number of rotatable bonds is 4. The minimum absolute atomic E-state index is 0.00145. The summed E-state index contributed by atoms with van der Waals surface area (Å²) in [5.74, 6) is 0.614. The maximum atomic E-state index is 12.9. The summed E-state index contributed by atoms with van der Waals surface area (Å²) in [5, 5.41) is 3.99. The van der Waals surface area contributed by atoms with Crippen LogP contribution >= 0.6 is 15.9 Å². The lowest BCUT2D eigenvalue weighted by atomic mass is 9.96. The molecule has 2 saturated heterocycles. The first kappa shape index (κ1) is 18.9. The molecule has 2 amide bonds. The summed E-state index contributed by atoms with van der Waals surface area (Å²) in [4.78, 5) is 37.4. The van der Waals surface area contributed by atoms with Gasteiger partial charge < -0.3 is 14.3 Å². The van der Waals surface area contributed by atoms with Crippen molar-refractivity contribution in [3.05, 3.63) is 59.0 Å². The smallest absolute Gasteiger partial charge is 0.233 e. The average Bonchev–Trinajstić information content (AvgIpc) is 3.35. The molecule has 1 unspecified atom stereocenters. The number of anilines is 1. The summed E-state index contributed by atoms with van der Waals surface area (Å²) in [5.41, 5.74) is 1.45. The van der Waals surface area contributed by atoms with Crippen molar-refractivity contribution in [3.63, 3.8) is 0 Å². The third-order valence-electron chi connectivity index (χ3n) is 5.47. The topological polar surface area (TPSA) is 92.4 Å². The Morgan fingerprint density at radius 3 is 2.77 bits per heavy atom. The summed E-state index contributed by atoms with van der Waals surface area (Å²) in [6, 6.07) is 13.1. The Labute approximate surface area is 181 Å². The van der Waals surface area contributed by atoms with Gasteiger partial charge in [-0.05, 0) is 30.3 Å². The van der Waals surface area contributed by atoms with Gasteiger partial charge in [-0.25, -0.2) is 0 Å². The van der Waals surface area contributed by atoms with Crippen LogP contribution < -0.4 is 4.90 Å². The van der Waals surface area contributed by atoms with Crippen molar-refractivity contribution in [2.75, 3.05) is 24.5 Å². The Kier molecular flexibility index (Phi) is 4.82. The summed E-state index contributed by atoms with van der Waals surface area (Å²) in [6.45, 7) is 1.44. The molecular formula is C21H18BrN5O3. The second-order valence-corrected chi connectivity index (χ2v) is 8.41. The van der Waals surface area contributed by atoms with Gasteiger partial charge in [0.15, 0.2) is 0 Å². The number of likely N-dealkylation sites (tertiary alicyclic amines) is 1. The zero-order chi connectivity index (χ0) is 20.7. The van der Waals surface area contributed by atoms with E-state index < -0.39 is 0 Å². The normalized spacial score (nSPS) is 19.2. The van der Waals surface area contributed by atoms with Crippen molar-refractivity contribution in [1.82, 2.24) is 20.0 Å². The zero-order valence-electron chi connectivity index (χ0n) is 15.9. The molecule has 0 bridgehead atoms. The molecule has 0 N–H and O–H groups in total. The van der Waals surface area contributed by atoms with Crippen LogP contribution in [-0.4, -0.2) is 51.5 Å². The van der Waals surface area contributed by atoms with Crippen molar-refractivity contribution in [2.45, 2.75) is 12.3 Å². The lowest BCUT2D eigenvalue weighted by molar-refractivity contribution is -0.140. The Bertz CT molecular complexity index is 1100. The SMILES string of the molecule is O=C(C1CC(=O)N(c2cccc(Br)c2)C1)N1CC(c2nc(-c3ccccn3)no2)C1. The molecule has 4 heterocycles. The minimum Gasteiger partial charge on any atom is -0.341 e. The van der Waals surface area contributed by atoms with E-state index in [9.17, 15) is 9.59 Å². The van der Waals surface area contributed by atoms with Crippen LogP contribution in [0.25, 0.3) is 11.5 Å². The molecule has 2 aromatic heterocycles. The van der Waals surface area contributed by atoms with Gasteiger partial charge >= 0.3 is 0 Å². The van der Waals surface area contributed by atoms with Crippen molar-refractivity contribution in [3.8, 4) is 11.5 Å². The van der Waals surface area contributed by atoms with E-state index in [-0.39, 0.29) is 30.1 Å². The number of aromatic nitrogens is 3.